The number of nitrogens with zero attached hydrogens (tertiary/aromatic N) is 3. The largest absolute Gasteiger partial charge is 0.348 e. The maximum Gasteiger partial charge on any atom is 0.255 e. The van der Waals surface area contributed by atoms with E-state index < -0.39 is 0 Å². The summed E-state index contributed by atoms with van der Waals surface area (Å²) in [5, 5.41) is 7.98. The van der Waals surface area contributed by atoms with Crippen LogP contribution in [0.15, 0.2) is 30.3 Å². The van der Waals surface area contributed by atoms with E-state index in [1.165, 1.54) is 50.6 Å². The van der Waals surface area contributed by atoms with Gasteiger partial charge in [-0.15, -0.1) is 0 Å². The van der Waals surface area contributed by atoms with Crippen molar-refractivity contribution in [3.63, 3.8) is 0 Å². The summed E-state index contributed by atoms with van der Waals surface area (Å²) in [4.78, 5) is 15.8. The second-order valence-corrected chi connectivity index (χ2v) is 8.79. The first kappa shape index (κ1) is 20.1. The number of rotatable bonds is 5. The molecule has 2 fully saturated rings. The Kier molecular flexibility index (Phi) is 6.34. The van der Waals surface area contributed by atoms with Gasteiger partial charge in [-0.05, 0) is 51.6 Å². The monoisotopic (exact) mass is 394 g/mol. The first-order valence-electron chi connectivity index (χ1n) is 11.2. The molecule has 5 heteroatoms. The Morgan fingerprint density at radius 1 is 1.07 bits per heavy atom. The molecule has 1 aromatic heterocycles. The van der Waals surface area contributed by atoms with Gasteiger partial charge in [0, 0.05) is 24.3 Å². The minimum atomic E-state index is 0.0369. The van der Waals surface area contributed by atoms with Crippen LogP contribution >= 0.6 is 0 Å². The molecular weight excluding hydrogens is 360 g/mol. The minimum Gasteiger partial charge on any atom is -0.348 e. The van der Waals surface area contributed by atoms with Crippen LogP contribution in [-0.4, -0.2) is 45.8 Å². The second kappa shape index (κ2) is 9.12. The standard InChI is InChI=1S/C24H34N4O/c1-18-23(19(2)28(26-18)16-20-10-5-3-6-11-20)24(29)25-21-12-9-15-27(17-21)22-13-7-4-8-14-22/h3,5-6,10-11,21-22H,4,7-9,12-17H2,1-2H3,(H,25,29). The van der Waals surface area contributed by atoms with Gasteiger partial charge < -0.3 is 5.32 Å². The molecule has 1 aliphatic carbocycles. The Morgan fingerprint density at radius 3 is 2.59 bits per heavy atom. The summed E-state index contributed by atoms with van der Waals surface area (Å²) in [6.07, 6.45) is 9.00. The minimum absolute atomic E-state index is 0.0369. The zero-order valence-corrected chi connectivity index (χ0v) is 17.9. The predicted octanol–water partition coefficient (Wildman–Crippen LogP) is 4.08. The molecule has 1 unspecified atom stereocenters. The van der Waals surface area contributed by atoms with Crippen molar-refractivity contribution in [3.8, 4) is 0 Å². The number of likely N-dealkylation sites (tertiary alicyclic amines) is 1. The Hall–Kier alpha value is -2.14. The normalized spacial score (nSPS) is 21.2. The number of amides is 1. The van der Waals surface area contributed by atoms with Gasteiger partial charge in [0.2, 0.25) is 0 Å². The summed E-state index contributed by atoms with van der Waals surface area (Å²) in [6, 6.07) is 11.3. The van der Waals surface area contributed by atoms with Crippen LogP contribution in [0.4, 0.5) is 0 Å². The Morgan fingerprint density at radius 2 is 1.83 bits per heavy atom. The van der Waals surface area contributed by atoms with Crippen molar-refractivity contribution >= 4 is 5.91 Å². The number of carbonyl (C=O) groups excluding carboxylic acids is 1. The van der Waals surface area contributed by atoms with Crippen LogP contribution in [0.2, 0.25) is 0 Å². The number of hydrogen-bond donors (Lipinski definition) is 1. The molecule has 29 heavy (non-hydrogen) atoms. The summed E-state index contributed by atoms with van der Waals surface area (Å²) < 4.78 is 1.95. The van der Waals surface area contributed by atoms with Crippen LogP contribution in [0, 0.1) is 13.8 Å². The lowest BCUT2D eigenvalue weighted by atomic mass is 9.92. The fourth-order valence-electron chi connectivity index (χ4n) is 5.10. The van der Waals surface area contributed by atoms with Gasteiger partial charge in [-0.25, -0.2) is 0 Å². The van der Waals surface area contributed by atoms with Gasteiger partial charge in [-0.2, -0.15) is 5.10 Å². The van der Waals surface area contributed by atoms with E-state index in [2.05, 4.69) is 27.4 Å². The van der Waals surface area contributed by atoms with Crippen LogP contribution in [0.1, 0.15) is 72.3 Å². The number of aryl methyl sites for hydroxylation is 1. The van der Waals surface area contributed by atoms with Gasteiger partial charge in [0.1, 0.15) is 0 Å². The molecule has 156 valence electrons. The van der Waals surface area contributed by atoms with E-state index in [0.717, 1.165) is 36.0 Å². The van der Waals surface area contributed by atoms with Crippen LogP contribution in [0.5, 0.6) is 0 Å². The number of benzene rings is 1. The third kappa shape index (κ3) is 4.72. The number of hydrogen-bond acceptors (Lipinski definition) is 3. The molecule has 1 aromatic carbocycles. The molecule has 0 bridgehead atoms. The van der Waals surface area contributed by atoms with Gasteiger partial charge in [0.15, 0.2) is 0 Å². The van der Waals surface area contributed by atoms with Gasteiger partial charge in [0.25, 0.3) is 5.91 Å². The molecule has 1 aliphatic heterocycles. The van der Waals surface area contributed by atoms with Crippen LogP contribution in [-0.2, 0) is 6.54 Å². The molecule has 2 aromatic rings. The van der Waals surface area contributed by atoms with E-state index in [0.29, 0.717) is 6.54 Å². The molecule has 0 spiro atoms. The molecule has 5 nitrogen and oxygen atoms in total. The molecule has 0 radical (unpaired) electrons. The summed E-state index contributed by atoms with van der Waals surface area (Å²) in [7, 11) is 0. The van der Waals surface area contributed by atoms with Gasteiger partial charge in [-0.3, -0.25) is 14.4 Å². The van der Waals surface area contributed by atoms with E-state index in [1.54, 1.807) is 0 Å². The molecular formula is C24H34N4O. The van der Waals surface area contributed by atoms with Crippen molar-refractivity contribution in [2.24, 2.45) is 0 Å². The van der Waals surface area contributed by atoms with Crippen LogP contribution in [0.25, 0.3) is 0 Å². The highest BCUT2D eigenvalue weighted by Crippen LogP contribution is 2.25. The van der Waals surface area contributed by atoms with E-state index in [4.69, 9.17) is 0 Å². The highest BCUT2D eigenvalue weighted by atomic mass is 16.1. The number of carbonyl (C=O) groups is 1. The summed E-state index contributed by atoms with van der Waals surface area (Å²) in [5.41, 5.74) is 3.70. The smallest absolute Gasteiger partial charge is 0.255 e. The first-order chi connectivity index (χ1) is 14.1. The van der Waals surface area contributed by atoms with Crippen LogP contribution in [0.3, 0.4) is 0 Å². The number of nitrogens with one attached hydrogen (secondary N) is 1. The highest BCUT2D eigenvalue weighted by Gasteiger charge is 2.29. The maximum absolute atomic E-state index is 13.1. The topological polar surface area (TPSA) is 50.2 Å². The first-order valence-corrected chi connectivity index (χ1v) is 11.2. The van der Waals surface area contributed by atoms with Crippen LogP contribution < -0.4 is 5.32 Å². The van der Waals surface area contributed by atoms with Crippen molar-refractivity contribution < 1.29 is 4.79 Å². The van der Waals surface area contributed by atoms with Crippen molar-refractivity contribution in [1.29, 1.82) is 0 Å². The number of aromatic nitrogens is 2. The van der Waals surface area contributed by atoms with Crippen molar-refractivity contribution in [3.05, 3.63) is 52.8 Å². The maximum atomic E-state index is 13.1. The third-order valence-electron chi connectivity index (χ3n) is 6.66. The average Bonchev–Trinajstić information content (AvgIpc) is 3.02. The molecule has 2 heterocycles. The Bertz CT molecular complexity index is 823. The van der Waals surface area contributed by atoms with Crippen molar-refractivity contribution in [2.45, 2.75) is 77.4 Å². The van der Waals surface area contributed by atoms with E-state index >= 15 is 0 Å². The molecule has 4 rings (SSSR count). The highest BCUT2D eigenvalue weighted by molar-refractivity contribution is 5.96. The fraction of sp³-hybridized carbons (Fsp3) is 0.583. The lowest BCUT2D eigenvalue weighted by Gasteiger charge is -2.40. The molecule has 1 atom stereocenters. The zero-order valence-electron chi connectivity index (χ0n) is 17.9. The van der Waals surface area contributed by atoms with E-state index in [1.807, 2.05) is 36.7 Å². The van der Waals surface area contributed by atoms with Crippen molar-refractivity contribution in [2.75, 3.05) is 13.1 Å². The van der Waals surface area contributed by atoms with Crippen molar-refractivity contribution in [1.82, 2.24) is 20.0 Å². The summed E-state index contributed by atoms with van der Waals surface area (Å²) >= 11 is 0. The summed E-state index contributed by atoms with van der Waals surface area (Å²) in [6.45, 7) is 6.82. The van der Waals surface area contributed by atoms with Gasteiger partial charge in [0.05, 0.1) is 17.8 Å². The molecule has 2 aliphatic rings. The number of piperidine rings is 1. The van der Waals surface area contributed by atoms with E-state index in [-0.39, 0.29) is 11.9 Å². The lowest BCUT2D eigenvalue weighted by Crippen LogP contribution is -2.51. The molecule has 1 N–H and O–H groups in total. The third-order valence-corrected chi connectivity index (χ3v) is 6.66. The molecule has 1 saturated heterocycles. The quantitative estimate of drug-likeness (QED) is 0.831. The predicted molar refractivity (Wildman–Crippen MR) is 116 cm³/mol. The molecule has 1 amide bonds. The fourth-order valence-corrected chi connectivity index (χ4v) is 5.10. The second-order valence-electron chi connectivity index (χ2n) is 8.79. The molecule has 1 saturated carbocycles. The Labute approximate surface area is 174 Å². The SMILES string of the molecule is Cc1nn(Cc2ccccc2)c(C)c1C(=O)NC1CCCN(C2CCCCC2)C1. The average molecular weight is 395 g/mol. The summed E-state index contributed by atoms with van der Waals surface area (Å²) in [5.74, 6) is 0.0369. The lowest BCUT2D eigenvalue weighted by molar-refractivity contribution is 0.0834. The zero-order chi connectivity index (χ0) is 20.2. The van der Waals surface area contributed by atoms with Gasteiger partial charge in [-0.1, -0.05) is 49.6 Å². The van der Waals surface area contributed by atoms with E-state index in [9.17, 15) is 4.79 Å². The van der Waals surface area contributed by atoms with Gasteiger partial charge >= 0.3 is 0 Å². The Balaban J connectivity index is 1.41.